The molecule has 3 N–H and O–H groups in total. The van der Waals surface area contributed by atoms with Crippen LogP contribution in [0.5, 0.6) is 0 Å². The second-order valence-corrected chi connectivity index (χ2v) is 6.28. The Hall–Kier alpha value is -1.39. The number of nitrogens with one attached hydrogen (secondary N) is 2. The molecule has 1 saturated heterocycles. The fourth-order valence-electron chi connectivity index (χ4n) is 3.53. The summed E-state index contributed by atoms with van der Waals surface area (Å²) >= 11 is 0. The van der Waals surface area contributed by atoms with Crippen molar-refractivity contribution < 1.29 is 9.90 Å². The van der Waals surface area contributed by atoms with E-state index in [1.807, 2.05) is 0 Å². The Kier molecular flexibility index (Phi) is 4.56. The normalized spacial score (nSPS) is 28.1. The van der Waals surface area contributed by atoms with Crippen molar-refractivity contribution in [3.05, 3.63) is 35.4 Å². The highest BCUT2D eigenvalue weighted by Gasteiger charge is 2.26. The van der Waals surface area contributed by atoms with Crippen LogP contribution in [0.3, 0.4) is 0 Å². The van der Waals surface area contributed by atoms with Gasteiger partial charge in [-0.05, 0) is 36.3 Å². The van der Waals surface area contributed by atoms with Crippen LogP contribution >= 0.6 is 0 Å². The Labute approximate surface area is 125 Å². The maximum Gasteiger partial charge on any atom is 0.220 e. The van der Waals surface area contributed by atoms with Gasteiger partial charge in [0.15, 0.2) is 0 Å². The van der Waals surface area contributed by atoms with Crippen LogP contribution < -0.4 is 10.6 Å². The molecule has 3 rings (SSSR count). The number of carbonyl (C=O) groups is 1. The number of fused-ring (bicyclic) bond motifs is 1. The molecule has 1 aliphatic heterocycles. The van der Waals surface area contributed by atoms with E-state index in [4.69, 9.17) is 0 Å². The van der Waals surface area contributed by atoms with E-state index in [9.17, 15) is 9.90 Å². The van der Waals surface area contributed by atoms with Crippen LogP contribution in [0.4, 0.5) is 0 Å². The van der Waals surface area contributed by atoms with Gasteiger partial charge in [-0.1, -0.05) is 24.3 Å². The number of amides is 1. The van der Waals surface area contributed by atoms with E-state index < -0.39 is 0 Å². The first-order valence-electron chi connectivity index (χ1n) is 7.97. The quantitative estimate of drug-likeness (QED) is 0.780. The topological polar surface area (TPSA) is 61.4 Å². The Bertz CT molecular complexity index is 503. The van der Waals surface area contributed by atoms with Crippen molar-refractivity contribution in [1.82, 2.24) is 10.6 Å². The summed E-state index contributed by atoms with van der Waals surface area (Å²) in [5.74, 6) is 0.602. The van der Waals surface area contributed by atoms with E-state index in [1.165, 1.54) is 17.5 Å². The van der Waals surface area contributed by atoms with E-state index in [0.717, 1.165) is 19.4 Å². The highest BCUT2D eigenvalue weighted by molar-refractivity contribution is 5.77. The van der Waals surface area contributed by atoms with Crippen molar-refractivity contribution >= 4 is 5.91 Å². The van der Waals surface area contributed by atoms with E-state index >= 15 is 0 Å². The smallest absolute Gasteiger partial charge is 0.220 e. The van der Waals surface area contributed by atoms with Crippen molar-refractivity contribution in [3.63, 3.8) is 0 Å². The third-order valence-electron chi connectivity index (χ3n) is 4.79. The highest BCUT2D eigenvalue weighted by Crippen LogP contribution is 2.33. The average molecular weight is 288 g/mol. The predicted molar refractivity (Wildman–Crippen MR) is 82.1 cm³/mol. The van der Waals surface area contributed by atoms with Gasteiger partial charge in [-0.2, -0.15) is 0 Å². The van der Waals surface area contributed by atoms with Gasteiger partial charge in [0.25, 0.3) is 0 Å². The molecule has 21 heavy (non-hydrogen) atoms. The second kappa shape index (κ2) is 6.58. The molecule has 114 valence electrons. The van der Waals surface area contributed by atoms with Crippen LogP contribution in [0.1, 0.15) is 36.3 Å². The molecule has 0 bridgehead atoms. The molecule has 0 spiro atoms. The van der Waals surface area contributed by atoms with Crippen LogP contribution in [0, 0.1) is 5.92 Å². The summed E-state index contributed by atoms with van der Waals surface area (Å²) < 4.78 is 0. The molecule has 0 aromatic heterocycles. The summed E-state index contributed by atoms with van der Waals surface area (Å²) in [7, 11) is 0. The minimum Gasteiger partial charge on any atom is -0.391 e. The summed E-state index contributed by atoms with van der Waals surface area (Å²) in [4.78, 5) is 12.2. The van der Waals surface area contributed by atoms with Crippen LogP contribution in [-0.4, -0.2) is 36.8 Å². The fraction of sp³-hybridized carbons (Fsp3) is 0.588. The van der Waals surface area contributed by atoms with Crippen molar-refractivity contribution in [2.75, 3.05) is 19.6 Å². The van der Waals surface area contributed by atoms with E-state index in [-0.39, 0.29) is 17.9 Å². The zero-order chi connectivity index (χ0) is 14.7. The summed E-state index contributed by atoms with van der Waals surface area (Å²) in [5, 5.41) is 15.9. The molecule has 4 nitrogen and oxygen atoms in total. The molecule has 3 unspecified atom stereocenters. The fourth-order valence-corrected chi connectivity index (χ4v) is 3.53. The van der Waals surface area contributed by atoms with Gasteiger partial charge in [-0.15, -0.1) is 0 Å². The number of aliphatic hydroxyl groups excluding tert-OH is 1. The first-order valence-corrected chi connectivity index (χ1v) is 7.97. The maximum absolute atomic E-state index is 12.2. The Balaban J connectivity index is 1.53. The average Bonchev–Trinajstić information content (AvgIpc) is 2.91. The van der Waals surface area contributed by atoms with Gasteiger partial charge in [0.05, 0.1) is 6.10 Å². The van der Waals surface area contributed by atoms with Gasteiger partial charge in [-0.3, -0.25) is 4.79 Å². The number of aryl methyl sites for hydroxylation is 1. The van der Waals surface area contributed by atoms with Crippen molar-refractivity contribution in [3.8, 4) is 0 Å². The number of carbonyl (C=O) groups excluding carboxylic acids is 1. The Morgan fingerprint density at radius 3 is 3.00 bits per heavy atom. The Morgan fingerprint density at radius 2 is 2.19 bits per heavy atom. The van der Waals surface area contributed by atoms with Crippen molar-refractivity contribution in [2.45, 2.75) is 37.7 Å². The molecular weight excluding hydrogens is 264 g/mol. The molecule has 0 radical (unpaired) electrons. The number of benzene rings is 1. The number of aliphatic hydroxyl groups is 1. The van der Waals surface area contributed by atoms with Crippen LogP contribution in [0.25, 0.3) is 0 Å². The molecule has 1 aromatic carbocycles. The first-order chi connectivity index (χ1) is 10.2. The van der Waals surface area contributed by atoms with E-state index in [2.05, 4.69) is 34.9 Å². The summed E-state index contributed by atoms with van der Waals surface area (Å²) in [6.07, 6.45) is 3.63. The summed E-state index contributed by atoms with van der Waals surface area (Å²) in [6, 6.07) is 8.49. The third kappa shape index (κ3) is 3.44. The molecule has 1 heterocycles. The third-order valence-corrected chi connectivity index (χ3v) is 4.79. The van der Waals surface area contributed by atoms with Crippen LogP contribution in [-0.2, 0) is 11.2 Å². The monoisotopic (exact) mass is 288 g/mol. The lowest BCUT2D eigenvalue weighted by Gasteiger charge is -2.25. The minimum atomic E-state index is -0.333. The second-order valence-electron chi connectivity index (χ2n) is 6.28. The molecule has 1 amide bonds. The van der Waals surface area contributed by atoms with Gasteiger partial charge in [-0.25, -0.2) is 0 Å². The number of hydrogen-bond acceptors (Lipinski definition) is 3. The molecule has 4 heteroatoms. The van der Waals surface area contributed by atoms with Gasteiger partial charge in [0, 0.05) is 32.0 Å². The lowest BCUT2D eigenvalue weighted by molar-refractivity contribution is -0.121. The minimum absolute atomic E-state index is 0.107. The molecule has 1 aliphatic carbocycles. The standard InChI is InChI=1S/C17H24N2O2/c20-16-11-18-9-14(16)10-19-17(21)8-13-6-3-5-12-4-1-2-7-15(12)13/h1-2,4,7,13-14,16,18,20H,3,5-6,8-11H2,(H,19,21). The molecule has 2 aliphatic rings. The van der Waals surface area contributed by atoms with Crippen molar-refractivity contribution in [2.24, 2.45) is 5.92 Å². The van der Waals surface area contributed by atoms with Gasteiger partial charge in [0.1, 0.15) is 0 Å². The molecule has 0 saturated carbocycles. The van der Waals surface area contributed by atoms with E-state index in [1.54, 1.807) is 0 Å². The van der Waals surface area contributed by atoms with Gasteiger partial charge in [0.2, 0.25) is 5.91 Å². The van der Waals surface area contributed by atoms with Gasteiger partial charge >= 0.3 is 0 Å². The van der Waals surface area contributed by atoms with Crippen LogP contribution in [0.2, 0.25) is 0 Å². The largest absolute Gasteiger partial charge is 0.391 e. The first kappa shape index (κ1) is 14.5. The SMILES string of the molecule is O=C(CC1CCCc2ccccc21)NCC1CNCC1O. The van der Waals surface area contributed by atoms with E-state index in [0.29, 0.717) is 25.4 Å². The molecule has 1 aromatic rings. The number of β-amino-alcohol motifs (C(OH)–C–C–N with tert-alkyl or cyclic N) is 1. The lowest BCUT2D eigenvalue weighted by atomic mass is 9.81. The lowest BCUT2D eigenvalue weighted by Crippen LogP contribution is -2.35. The Morgan fingerprint density at radius 1 is 1.33 bits per heavy atom. The zero-order valence-corrected chi connectivity index (χ0v) is 12.3. The highest BCUT2D eigenvalue weighted by atomic mass is 16.3. The zero-order valence-electron chi connectivity index (χ0n) is 12.3. The number of hydrogen-bond donors (Lipinski definition) is 3. The molecular formula is C17H24N2O2. The number of rotatable bonds is 4. The summed E-state index contributed by atoms with van der Waals surface area (Å²) in [5.41, 5.74) is 2.75. The molecule has 1 fully saturated rings. The maximum atomic E-state index is 12.2. The van der Waals surface area contributed by atoms with Crippen molar-refractivity contribution in [1.29, 1.82) is 0 Å². The summed E-state index contributed by atoms with van der Waals surface area (Å²) in [6.45, 7) is 1.99. The molecule has 3 atom stereocenters. The van der Waals surface area contributed by atoms with Gasteiger partial charge < -0.3 is 15.7 Å². The predicted octanol–water partition coefficient (Wildman–Crippen LogP) is 1.19. The van der Waals surface area contributed by atoms with Crippen LogP contribution in [0.15, 0.2) is 24.3 Å².